The molecule has 2 nitrogen and oxygen atoms in total. The Kier molecular flexibility index (Phi) is 7.05. The maximum atomic E-state index is 6.78. The van der Waals surface area contributed by atoms with Crippen LogP contribution < -0.4 is 10.4 Å². The summed E-state index contributed by atoms with van der Waals surface area (Å²) in [6.07, 6.45) is 5.45. The first-order valence-corrected chi connectivity index (χ1v) is 13.9. The molecule has 0 bridgehead atoms. The quantitative estimate of drug-likeness (QED) is 0.276. The normalized spacial score (nSPS) is 16.0. The fraction of sp³-hybridized carbons (Fsp3) is 0.267. The summed E-state index contributed by atoms with van der Waals surface area (Å²) in [7, 11) is -0.261. The Hall–Kier alpha value is -2.83. The Bertz CT molecular complexity index is 1190. The first-order valence-electron chi connectivity index (χ1n) is 11.7. The van der Waals surface area contributed by atoms with Gasteiger partial charge in [0, 0.05) is 5.56 Å². The zero-order chi connectivity index (χ0) is 23.5. The number of hydrogen-bond donors (Lipinski definition) is 0. The molecule has 1 atom stereocenters. The topological polar surface area (TPSA) is 12.5 Å². The third kappa shape index (κ3) is 4.77. The van der Waals surface area contributed by atoms with E-state index in [1.54, 1.807) is 0 Å². The lowest BCUT2D eigenvalue weighted by atomic mass is 9.96. The minimum Gasteiger partial charge on any atom is -0.383 e. The maximum absolute atomic E-state index is 6.78. The lowest BCUT2D eigenvalue weighted by molar-refractivity contribution is 0.166. The van der Waals surface area contributed by atoms with Gasteiger partial charge >= 0.3 is 0 Å². The predicted octanol–water partition coefficient (Wildman–Crippen LogP) is 8.02. The third-order valence-electron chi connectivity index (χ3n) is 6.26. The molecule has 0 N–H and O–H groups in total. The van der Waals surface area contributed by atoms with Crippen molar-refractivity contribution in [3.8, 4) is 0 Å². The summed E-state index contributed by atoms with van der Waals surface area (Å²) < 4.78 is 0. The Morgan fingerprint density at radius 1 is 0.970 bits per heavy atom. The maximum Gasteiger partial charge on any atom is 0.133 e. The Morgan fingerprint density at radius 2 is 1.67 bits per heavy atom. The Balaban J connectivity index is 1.85. The van der Waals surface area contributed by atoms with E-state index in [0.717, 1.165) is 17.9 Å². The van der Waals surface area contributed by atoms with Gasteiger partial charge in [-0.25, -0.2) is 0 Å². The summed E-state index contributed by atoms with van der Waals surface area (Å²) in [6.45, 7) is 13.4. The van der Waals surface area contributed by atoms with Crippen LogP contribution in [0.5, 0.6) is 0 Å². The lowest BCUT2D eigenvalue weighted by Crippen LogP contribution is -2.33. The molecule has 0 aromatic heterocycles. The highest BCUT2D eigenvalue weighted by atomic mass is 31.1. The van der Waals surface area contributed by atoms with Crippen molar-refractivity contribution in [3.63, 3.8) is 0 Å². The number of rotatable bonds is 6. The van der Waals surface area contributed by atoms with Gasteiger partial charge in [-0.2, -0.15) is 5.06 Å². The lowest BCUT2D eigenvalue weighted by Gasteiger charge is -2.37. The molecule has 170 valence electrons. The Morgan fingerprint density at radius 3 is 2.36 bits per heavy atom. The van der Waals surface area contributed by atoms with Crippen molar-refractivity contribution in [1.29, 1.82) is 0 Å². The second-order valence-electron chi connectivity index (χ2n) is 8.95. The van der Waals surface area contributed by atoms with Crippen LogP contribution in [0, 0.1) is 13.8 Å². The second kappa shape index (κ2) is 9.98. The molecule has 4 rings (SSSR count). The SMILES string of the molecule is CC/C(=C(/C)ON1c2ccccc2C=CC1c1cc(C)cc(C)c1P(C)C)c1ccccc1. The minimum atomic E-state index is -0.261. The first kappa shape index (κ1) is 23.3. The average molecular weight is 456 g/mol. The van der Waals surface area contributed by atoms with E-state index >= 15 is 0 Å². The van der Waals surface area contributed by atoms with Crippen molar-refractivity contribution in [1.82, 2.24) is 0 Å². The first-order chi connectivity index (χ1) is 15.9. The summed E-state index contributed by atoms with van der Waals surface area (Å²) >= 11 is 0. The van der Waals surface area contributed by atoms with Gasteiger partial charge in [-0.1, -0.05) is 93.2 Å². The van der Waals surface area contributed by atoms with Crippen molar-refractivity contribution < 1.29 is 4.84 Å². The van der Waals surface area contributed by atoms with E-state index in [2.05, 4.69) is 125 Å². The van der Waals surface area contributed by atoms with E-state index in [0.29, 0.717) is 0 Å². The predicted molar refractivity (Wildman–Crippen MR) is 145 cm³/mol. The number of hydroxylamine groups is 1. The minimum absolute atomic E-state index is 0.0160. The second-order valence-corrected chi connectivity index (χ2v) is 11.2. The average Bonchev–Trinajstić information content (AvgIpc) is 2.79. The van der Waals surface area contributed by atoms with E-state index in [9.17, 15) is 0 Å². The van der Waals surface area contributed by atoms with Crippen LogP contribution in [0.2, 0.25) is 0 Å². The van der Waals surface area contributed by atoms with E-state index < -0.39 is 0 Å². The molecule has 0 radical (unpaired) electrons. The smallest absolute Gasteiger partial charge is 0.133 e. The number of anilines is 1. The highest BCUT2D eigenvalue weighted by Crippen LogP contribution is 2.41. The van der Waals surface area contributed by atoms with Crippen LogP contribution in [0.4, 0.5) is 5.69 Å². The number of aryl methyl sites for hydroxylation is 2. The molecule has 0 spiro atoms. The zero-order valence-electron chi connectivity index (χ0n) is 20.6. The van der Waals surface area contributed by atoms with Gasteiger partial charge in [-0.05, 0) is 74.2 Å². The number of nitrogens with zero attached hydrogens (tertiary/aromatic N) is 1. The molecule has 33 heavy (non-hydrogen) atoms. The molecular weight excluding hydrogens is 421 g/mol. The molecule has 3 aromatic rings. The van der Waals surface area contributed by atoms with Crippen molar-refractivity contribution in [2.24, 2.45) is 0 Å². The van der Waals surface area contributed by atoms with E-state index in [1.165, 1.54) is 38.7 Å². The molecule has 1 heterocycles. The van der Waals surface area contributed by atoms with Crippen LogP contribution in [-0.2, 0) is 4.84 Å². The zero-order valence-corrected chi connectivity index (χ0v) is 21.5. The standard InChI is InChI=1S/C30H34NOP/c1-7-26(24-13-9-8-10-14-24)23(4)32-31-28-16-12-11-15-25(28)17-18-29(31)27-20-21(2)19-22(3)30(27)33(5)6/h8-20,29H,7H2,1-6H3/b26-23+. The van der Waals surface area contributed by atoms with Crippen molar-refractivity contribution in [2.75, 3.05) is 18.4 Å². The van der Waals surface area contributed by atoms with Crippen molar-refractivity contribution in [2.45, 2.75) is 40.2 Å². The summed E-state index contributed by atoms with van der Waals surface area (Å²) in [6, 6.07) is 23.7. The molecule has 0 fully saturated rings. The third-order valence-corrected chi connectivity index (χ3v) is 7.77. The number of hydrogen-bond acceptors (Lipinski definition) is 2. The summed E-state index contributed by atoms with van der Waals surface area (Å²) in [4.78, 5) is 6.78. The molecule has 1 aliphatic heterocycles. The van der Waals surface area contributed by atoms with Crippen LogP contribution in [0.1, 0.15) is 54.1 Å². The summed E-state index contributed by atoms with van der Waals surface area (Å²) in [5.41, 5.74) is 8.75. The van der Waals surface area contributed by atoms with Crippen molar-refractivity contribution in [3.05, 3.63) is 106 Å². The molecular formula is C30H34NOP. The summed E-state index contributed by atoms with van der Waals surface area (Å²) in [5, 5.41) is 3.60. The number of allylic oxidation sites excluding steroid dienone is 2. The van der Waals surface area contributed by atoms with Crippen molar-refractivity contribution >= 4 is 30.6 Å². The molecule has 3 aromatic carbocycles. The van der Waals surface area contributed by atoms with E-state index in [4.69, 9.17) is 4.84 Å². The van der Waals surface area contributed by atoms with Crippen LogP contribution in [0.25, 0.3) is 11.6 Å². The van der Waals surface area contributed by atoms with Crippen LogP contribution in [0.3, 0.4) is 0 Å². The number of benzene rings is 3. The van der Waals surface area contributed by atoms with Gasteiger partial charge in [0.15, 0.2) is 0 Å². The highest BCUT2D eigenvalue weighted by Gasteiger charge is 2.29. The van der Waals surface area contributed by atoms with E-state index in [1.807, 2.05) is 0 Å². The molecule has 1 aliphatic rings. The molecule has 0 saturated carbocycles. The van der Waals surface area contributed by atoms with Gasteiger partial charge in [0.05, 0.1) is 5.69 Å². The summed E-state index contributed by atoms with van der Waals surface area (Å²) in [5.74, 6) is 0.944. The monoisotopic (exact) mass is 455 g/mol. The van der Waals surface area contributed by atoms with Crippen LogP contribution in [0.15, 0.2) is 78.6 Å². The van der Waals surface area contributed by atoms with Gasteiger partial charge in [-0.3, -0.25) is 0 Å². The molecule has 1 unspecified atom stereocenters. The molecule has 0 aliphatic carbocycles. The largest absolute Gasteiger partial charge is 0.383 e. The van der Waals surface area contributed by atoms with Gasteiger partial charge in [0.25, 0.3) is 0 Å². The molecule has 3 heteroatoms. The fourth-order valence-corrected chi connectivity index (χ4v) is 6.40. The number of para-hydroxylation sites is 1. The van der Waals surface area contributed by atoms with E-state index in [-0.39, 0.29) is 14.0 Å². The van der Waals surface area contributed by atoms with Gasteiger partial charge in [-0.15, -0.1) is 0 Å². The molecule has 0 saturated heterocycles. The number of fused-ring (bicyclic) bond motifs is 1. The van der Waals surface area contributed by atoms with Gasteiger partial charge in [0.2, 0.25) is 0 Å². The molecule has 0 amide bonds. The highest BCUT2D eigenvalue weighted by molar-refractivity contribution is 7.64. The van der Waals surface area contributed by atoms with Crippen LogP contribution >= 0.6 is 7.92 Å². The van der Waals surface area contributed by atoms with Gasteiger partial charge < -0.3 is 4.84 Å². The fourth-order valence-electron chi connectivity index (χ4n) is 4.92. The Labute approximate surface area is 200 Å². The van der Waals surface area contributed by atoms with Gasteiger partial charge in [0.1, 0.15) is 11.8 Å². The van der Waals surface area contributed by atoms with Crippen LogP contribution in [-0.4, -0.2) is 13.3 Å².